The number of hydrogen-bond donors (Lipinski definition) is 0. The smallest absolute Gasteiger partial charge is 0.218 e. The first-order valence-corrected chi connectivity index (χ1v) is 5.65. The predicted octanol–water partition coefficient (Wildman–Crippen LogP) is 3.63. The van der Waals surface area contributed by atoms with Gasteiger partial charge in [0.2, 0.25) is 5.89 Å². The fraction of sp³-hybridized carbons (Fsp3) is 0.154. The first kappa shape index (κ1) is 11.0. The van der Waals surface area contributed by atoms with Crippen LogP contribution in [0.5, 0.6) is 0 Å². The summed E-state index contributed by atoms with van der Waals surface area (Å²) in [5, 5.41) is 0. The Bertz CT molecular complexity index is 462. The fourth-order valence-corrected chi connectivity index (χ4v) is 1.54. The quantitative estimate of drug-likeness (QED) is 0.754. The molecular weight excluding hydrogens is 222 g/mol. The van der Waals surface area contributed by atoms with E-state index in [1.165, 1.54) is 0 Å². The van der Waals surface area contributed by atoms with E-state index in [1.807, 2.05) is 42.5 Å². The lowest BCUT2D eigenvalue weighted by Crippen LogP contribution is -1.84. The summed E-state index contributed by atoms with van der Waals surface area (Å²) >= 11 is 5.62. The monoisotopic (exact) mass is 233 g/mol. The van der Waals surface area contributed by atoms with E-state index in [1.54, 1.807) is 6.26 Å². The number of rotatable bonds is 4. The average Bonchev–Trinajstić information content (AvgIpc) is 2.76. The Morgan fingerprint density at radius 2 is 2.00 bits per heavy atom. The Balaban J connectivity index is 2.06. The summed E-state index contributed by atoms with van der Waals surface area (Å²) in [6.07, 6.45) is 6.21. The van der Waals surface area contributed by atoms with Crippen LogP contribution in [0.2, 0.25) is 0 Å². The van der Waals surface area contributed by atoms with E-state index < -0.39 is 0 Å². The molecule has 0 aliphatic carbocycles. The van der Waals surface area contributed by atoms with Crippen LogP contribution in [0.1, 0.15) is 17.1 Å². The number of aryl methyl sites for hydroxylation is 1. The van der Waals surface area contributed by atoms with E-state index >= 15 is 0 Å². The molecule has 0 amide bonds. The van der Waals surface area contributed by atoms with Crippen molar-refractivity contribution in [3.63, 3.8) is 0 Å². The van der Waals surface area contributed by atoms with Gasteiger partial charge >= 0.3 is 0 Å². The van der Waals surface area contributed by atoms with Crippen LogP contribution in [0.4, 0.5) is 0 Å². The minimum atomic E-state index is 0.564. The summed E-state index contributed by atoms with van der Waals surface area (Å²) in [4.78, 5) is 4.28. The van der Waals surface area contributed by atoms with Crippen LogP contribution in [-0.2, 0) is 6.42 Å². The van der Waals surface area contributed by atoms with Crippen molar-refractivity contribution in [3.8, 4) is 0 Å². The van der Waals surface area contributed by atoms with Gasteiger partial charge in [-0.15, -0.1) is 11.6 Å². The lowest BCUT2D eigenvalue weighted by molar-refractivity contribution is 0.545. The first-order chi connectivity index (χ1) is 7.88. The third-order valence-corrected chi connectivity index (χ3v) is 2.33. The van der Waals surface area contributed by atoms with Crippen molar-refractivity contribution in [1.82, 2.24) is 4.98 Å². The molecule has 82 valence electrons. The van der Waals surface area contributed by atoms with Crippen LogP contribution in [0.25, 0.3) is 12.2 Å². The molecule has 1 aromatic carbocycles. The molecule has 0 saturated carbocycles. The summed E-state index contributed by atoms with van der Waals surface area (Å²) in [6.45, 7) is 0. The van der Waals surface area contributed by atoms with Crippen molar-refractivity contribution >= 4 is 23.8 Å². The summed E-state index contributed by atoms with van der Waals surface area (Å²) in [7, 11) is 0. The summed E-state index contributed by atoms with van der Waals surface area (Å²) in [5.41, 5.74) is 2.02. The molecule has 0 radical (unpaired) electrons. The van der Waals surface area contributed by atoms with Crippen LogP contribution >= 0.6 is 11.6 Å². The maximum absolute atomic E-state index is 5.62. The number of alkyl halides is 1. The van der Waals surface area contributed by atoms with E-state index in [0.29, 0.717) is 11.8 Å². The van der Waals surface area contributed by atoms with Crippen molar-refractivity contribution < 1.29 is 4.42 Å². The van der Waals surface area contributed by atoms with E-state index in [0.717, 1.165) is 17.7 Å². The molecule has 3 heteroatoms. The Morgan fingerprint density at radius 1 is 1.19 bits per heavy atom. The van der Waals surface area contributed by atoms with Gasteiger partial charge in [0.15, 0.2) is 0 Å². The van der Waals surface area contributed by atoms with Gasteiger partial charge in [-0.3, -0.25) is 0 Å². The Kier molecular flexibility index (Phi) is 3.78. The molecule has 2 nitrogen and oxygen atoms in total. The second kappa shape index (κ2) is 5.52. The second-order valence-electron chi connectivity index (χ2n) is 3.36. The van der Waals surface area contributed by atoms with Gasteiger partial charge in [0.1, 0.15) is 6.26 Å². The minimum Gasteiger partial charge on any atom is -0.445 e. The van der Waals surface area contributed by atoms with Gasteiger partial charge in [0.05, 0.1) is 5.69 Å². The number of halogens is 1. The summed E-state index contributed by atoms with van der Waals surface area (Å²) in [5.74, 6) is 1.18. The Morgan fingerprint density at radius 3 is 2.75 bits per heavy atom. The maximum atomic E-state index is 5.62. The summed E-state index contributed by atoms with van der Waals surface area (Å²) in [6, 6.07) is 10.0. The van der Waals surface area contributed by atoms with Crippen LogP contribution in [0.15, 0.2) is 41.0 Å². The minimum absolute atomic E-state index is 0.564. The van der Waals surface area contributed by atoms with Gasteiger partial charge in [-0.25, -0.2) is 4.98 Å². The number of benzene rings is 1. The van der Waals surface area contributed by atoms with Gasteiger partial charge in [0.25, 0.3) is 0 Å². The number of oxazole rings is 1. The van der Waals surface area contributed by atoms with E-state index in [-0.39, 0.29) is 0 Å². The van der Waals surface area contributed by atoms with E-state index in [4.69, 9.17) is 16.0 Å². The maximum Gasteiger partial charge on any atom is 0.218 e. The average molecular weight is 234 g/mol. The van der Waals surface area contributed by atoms with Crippen molar-refractivity contribution in [1.29, 1.82) is 0 Å². The zero-order valence-electron chi connectivity index (χ0n) is 8.77. The normalized spacial score (nSPS) is 11.1. The molecule has 0 atom stereocenters. The first-order valence-electron chi connectivity index (χ1n) is 5.12. The third kappa shape index (κ3) is 2.97. The molecule has 0 aliphatic rings. The number of nitrogens with zero attached hydrogens (tertiary/aromatic N) is 1. The zero-order valence-corrected chi connectivity index (χ0v) is 9.52. The lowest BCUT2D eigenvalue weighted by atomic mass is 10.2. The van der Waals surface area contributed by atoms with Crippen LogP contribution in [0.3, 0.4) is 0 Å². The van der Waals surface area contributed by atoms with Gasteiger partial charge in [-0.05, 0) is 11.6 Å². The Hall–Kier alpha value is -1.54. The van der Waals surface area contributed by atoms with Crippen LogP contribution < -0.4 is 0 Å². The van der Waals surface area contributed by atoms with Gasteiger partial charge in [0, 0.05) is 18.4 Å². The summed E-state index contributed by atoms with van der Waals surface area (Å²) < 4.78 is 5.28. The highest BCUT2D eigenvalue weighted by Crippen LogP contribution is 2.08. The van der Waals surface area contributed by atoms with Crippen molar-refractivity contribution in [2.24, 2.45) is 0 Å². The molecule has 0 saturated heterocycles. The Labute approximate surface area is 99.6 Å². The zero-order chi connectivity index (χ0) is 11.2. The fourth-order valence-electron chi connectivity index (χ4n) is 1.34. The molecule has 1 aromatic heterocycles. The molecule has 0 bridgehead atoms. The molecule has 0 aliphatic heterocycles. The van der Waals surface area contributed by atoms with Gasteiger partial charge in [-0.1, -0.05) is 30.3 Å². The highest BCUT2D eigenvalue weighted by atomic mass is 35.5. The molecular formula is C13H12ClNO. The standard InChI is InChI=1S/C13H12ClNO/c14-9-8-12-10-16-13(15-12)7-6-11-4-2-1-3-5-11/h1-7,10H,8-9H2/b7-6+. The number of aromatic nitrogens is 1. The molecule has 16 heavy (non-hydrogen) atoms. The van der Waals surface area contributed by atoms with Crippen molar-refractivity contribution in [3.05, 3.63) is 53.7 Å². The predicted molar refractivity (Wildman–Crippen MR) is 66.3 cm³/mol. The molecule has 2 rings (SSSR count). The van der Waals surface area contributed by atoms with Crippen LogP contribution in [-0.4, -0.2) is 10.9 Å². The SMILES string of the molecule is ClCCc1coc(/C=C/c2ccccc2)n1. The van der Waals surface area contributed by atoms with Crippen LogP contribution in [0, 0.1) is 0 Å². The molecule has 0 fully saturated rings. The van der Waals surface area contributed by atoms with Crippen molar-refractivity contribution in [2.45, 2.75) is 6.42 Å². The molecule has 2 aromatic rings. The number of hydrogen-bond acceptors (Lipinski definition) is 2. The van der Waals surface area contributed by atoms with Gasteiger partial charge < -0.3 is 4.42 Å². The highest BCUT2D eigenvalue weighted by molar-refractivity contribution is 6.17. The third-order valence-electron chi connectivity index (χ3n) is 2.14. The highest BCUT2D eigenvalue weighted by Gasteiger charge is 1.99. The molecule has 1 heterocycles. The molecule has 0 unspecified atom stereocenters. The van der Waals surface area contributed by atoms with E-state index in [9.17, 15) is 0 Å². The largest absolute Gasteiger partial charge is 0.445 e. The molecule has 0 spiro atoms. The second-order valence-corrected chi connectivity index (χ2v) is 3.74. The van der Waals surface area contributed by atoms with Crippen molar-refractivity contribution in [2.75, 3.05) is 5.88 Å². The van der Waals surface area contributed by atoms with E-state index in [2.05, 4.69) is 4.98 Å². The topological polar surface area (TPSA) is 26.0 Å². The lowest BCUT2D eigenvalue weighted by Gasteiger charge is -1.89. The van der Waals surface area contributed by atoms with Gasteiger partial charge in [-0.2, -0.15) is 0 Å². The molecule has 0 N–H and O–H groups in total.